The standard InChI is InChI=1S/C18H23N3O4S/c1-4-25-17-8-6-15(9-12(17)2)26(23,24)20-14-5-7-16-13(10-14)11-18(22)21(3)19-16/h6,8-9,11,14,20H,4-5,7,10H2,1-3H3. The molecule has 140 valence electrons. The maximum absolute atomic E-state index is 12.7. The van der Waals surface area contributed by atoms with E-state index in [0.717, 1.165) is 16.8 Å². The van der Waals surface area contributed by atoms with Crippen LogP contribution >= 0.6 is 0 Å². The van der Waals surface area contributed by atoms with Gasteiger partial charge in [-0.25, -0.2) is 17.8 Å². The minimum absolute atomic E-state index is 0.186. The van der Waals surface area contributed by atoms with E-state index in [-0.39, 0.29) is 16.5 Å². The molecule has 3 rings (SSSR count). The molecule has 0 saturated heterocycles. The monoisotopic (exact) mass is 377 g/mol. The molecule has 0 saturated carbocycles. The van der Waals surface area contributed by atoms with Gasteiger partial charge >= 0.3 is 0 Å². The topological polar surface area (TPSA) is 90.3 Å². The molecule has 7 nitrogen and oxygen atoms in total. The van der Waals surface area contributed by atoms with Crippen LogP contribution in [-0.4, -0.2) is 30.8 Å². The molecule has 1 N–H and O–H groups in total. The second-order valence-electron chi connectivity index (χ2n) is 6.50. The first-order chi connectivity index (χ1) is 12.3. The van der Waals surface area contributed by atoms with Crippen molar-refractivity contribution in [1.29, 1.82) is 0 Å². The Hall–Kier alpha value is -2.19. The lowest BCUT2D eigenvalue weighted by atomic mass is 9.93. The van der Waals surface area contributed by atoms with Gasteiger partial charge in [-0.15, -0.1) is 0 Å². The summed E-state index contributed by atoms with van der Waals surface area (Å²) in [7, 11) is -2.03. The first-order valence-corrected chi connectivity index (χ1v) is 10.1. The molecule has 0 aliphatic heterocycles. The van der Waals surface area contributed by atoms with Crippen LogP contribution in [0.4, 0.5) is 0 Å². The quantitative estimate of drug-likeness (QED) is 0.849. The third kappa shape index (κ3) is 3.81. The van der Waals surface area contributed by atoms with Crippen LogP contribution in [0, 0.1) is 6.92 Å². The van der Waals surface area contributed by atoms with Crippen molar-refractivity contribution < 1.29 is 13.2 Å². The van der Waals surface area contributed by atoms with Gasteiger partial charge in [0.15, 0.2) is 0 Å². The zero-order chi connectivity index (χ0) is 18.9. The molecule has 1 heterocycles. The number of nitrogens with zero attached hydrogens (tertiary/aromatic N) is 2. The van der Waals surface area contributed by atoms with E-state index in [9.17, 15) is 13.2 Å². The second kappa shape index (κ2) is 7.20. The van der Waals surface area contributed by atoms with Crippen molar-refractivity contribution >= 4 is 10.0 Å². The maximum Gasteiger partial charge on any atom is 0.266 e. The van der Waals surface area contributed by atoms with Crippen LogP contribution in [0.25, 0.3) is 0 Å². The molecule has 8 heteroatoms. The summed E-state index contributed by atoms with van der Waals surface area (Å²) in [6.07, 6.45) is 1.75. The summed E-state index contributed by atoms with van der Waals surface area (Å²) in [6.45, 7) is 4.23. The van der Waals surface area contributed by atoms with Gasteiger partial charge in [0.1, 0.15) is 5.75 Å². The van der Waals surface area contributed by atoms with Gasteiger partial charge < -0.3 is 4.74 Å². The van der Waals surface area contributed by atoms with E-state index in [1.165, 1.54) is 4.68 Å². The number of nitrogens with one attached hydrogen (secondary N) is 1. The average Bonchev–Trinajstić information content (AvgIpc) is 2.58. The summed E-state index contributed by atoms with van der Waals surface area (Å²) < 4.78 is 35.0. The van der Waals surface area contributed by atoms with Crippen molar-refractivity contribution in [3.05, 3.63) is 51.4 Å². The number of ether oxygens (including phenoxy) is 1. The van der Waals surface area contributed by atoms with E-state index in [0.29, 0.717) is 31.6 Å². The van der Waals surface area contributed by atoms with Gasteiger partial charge in [0.05, 0.1) is 17.2 Å². The first kappa shape index (κ1) is 18.6. The Balaban J connectivity index is 1.79. The summed E-state index contributed by atoms with van der Waals surface area (Å²) in [5, 5.41) is 4.25. The number of aromatic nitrogens is 2. The lowest BCUT2D eigenvalue weighted by Gasteiger charge is -2.24. The highest BCUT2D eigenvalue weighted by Crippen LogP contribution is 2.24. The number of hydrogen-bond donors (Lipinski definition) is 1. The molecule has 1 aromatic carbocycles. The van der Waals surface area contributed by atoms with Crippen LogP contribution in [0.3, 0.4) is 0 Å². The third-order valence-corrected chi connectivity index (χ3v) is 6.05. The normalized spacial score (nSPS) is 17.0. The van der Waals surface area contributed by atoms with Gasteiger partial charge in [-0.2, -0.15) is 5.10 Å². The molecule has 26 heavy (non-hydrogen) atoms. The molecule has 0 radical (unpaired) electrons. The molecule has 1 unspecified atom stereocenters. The van der Waals surface area contributed by atoms with Gasteiger partial charge in [0.2, 0.25) is 10.0 Å². The van der Waals surface area contributed by atoms with Gasteiger partial charge in [0, 0.05) is 19.2 Å². The highest BCUT2D eigenvalue weighted by molar-refractivity contribution is 7.89. The molecule has 0 spiro atoms. The van der Waals surface area contributed by atoms with Crippen molar-refractivity contribution in [1.82, 2.24) is 14.5 Å². The zero-order valence-electron chi connectivity index (χ0n) is 15.2. The Morgan fingerprint density at radius 1 is 1.35 bits per heavy atom. The largest absolute Gasteiger partial charge is 0.494 e. The molecular weight excluding hydrogens is 354 g/mol. The van der Waals surface area contributed by atoms with Gasteiger partial charge in [-0.1, -0.05) is 0 Å². The molecule has 2 aromatic rings. The smallest absolute Gasteiger partial charge is 0.266 e. The summed E-state index contributed by atoms with van der Waals surface area (Å²) in [4.78, 5) is 12.0. The highest BCUT2D eigenvalue weighted by Gasteiger charge is 2.26. The minimum atomic E-state index is -3.64. The molecule has 1 aromatic heterocycles. The zero-order valence-corrected chi connectivity index (χ0v) is 16.0. The minimum Gasteiger partial charge on any atom is -0.494 e. The SMILES string of the molecule is CCOc1ccc(S(=O)(=O)NC2CCc3nn(C)c(=O)cc3C2)cc1C. The Labute approximate surface area is 153 Å². The predicted octanol–water partition coefficient (Wildman–Crippen LogP) is 1.32. The van der Waals surface area contributed by atoms with Crippen LogP contribution < -0.4 is 15.0 Å². The Morgan fingerprint density at radius 3 is 2.81 bits per heavy atom. The number of rotatable bonds is 5. The lowest BCUT2D eigenvalue weighted by molar-refractivity contribution is 0.337. The van der Waals surface area contributed by atoms with E-state index in [4.69, 9.17) is 4.74 Å². The maximum atomic E-state index is 12.7. The van der Waals surface area contributed by atoms with E-state index >= 15 is 0 Å². The molecule has 0 bridgehead atoms. The number of benzene rings is 1. The molecule has 1 aliphatic carbocycles. The third-order valence-electron chi connectivity index (χ3n) is 4.53. The predicted molar refractivity (Wildman–Crippen MR) is 98.0 cm³/mol. The van der Waals surface area contributed by atoms with Crippen LogP contribution in [0.5, 0.6) is 5.75 Å². The van der Waals surface area contributed by atoms with Crippen molar-refractivity contribution in [2.45, 2.75) is 44.0 Å². The second-order valence-corrected chi connectivity index (χ2v) is 8.21. The van der Waals surface area contributed by atoms with Crippen molar-refractivity contribution in [3.63, 3.8) is 0 Å². The Bertz CT molecular complexity index is 982. The number of sulfonamides is 1. The van der Waals surface area contributed by atoms with E-state index < -0.39 is 10.0 Å². The Morgan fingerprint density at radius 2 is 2.12 bits per heavy atom. The summed E-state index contributed by atoms with van der Waals surface area (Å²) >= 11 is 0. The number of aryl methyl sites for hydroxylation is 3. The van der Waals surface area contributed by atoms with Crippen molar-refractivity contribution in [2.24, 2.45) is 7.05 Å². The van der Waals surface area contributed by atoms with Crippen LogP contribution in [0.2, 0.25) is 0 Å². The van der Waals surface area contributed by atoms with Crippen molar-refractivity contribution in [2.75, 3.05) is 6.61 Å². The molecule has 0 fully saturated rings. The van der Waals surface area contributed by atoms with Gasteiger partial charge in [-0.05, 0) is 62.4 Å². The van der Waals surface area contributed by atoms with Crippen LogP contribution in [-0.2, 0) is 29.9 Å². The summed E-state index contributed by atoms with van der Waals surface area (Å²) in [5.41, 5.74) is 2.26. The van der Waals surface area contributed by atoms with E-state index in [1.807, 2.05) is 13.8 Å². The fraction of sp³-hybridized carbons (Fsp3) is 0.444. The fourth-order valence-corrected chi connectivity index (χ4v) is 4.54. The van der Waals surface area contributed by atoms with Gasteiger partial charge in [-0.3, -0.25) is 4.79 Å². The number of hydrogen-bond acceptors (Lipinski definition) is 5. The number of fused-ring (bicyclic) bond motifs is 1. The molecule has 0 amide bonds. The summed E-state index contributed by atoms with van der Waals surface area (Å²) in [6, 6.07) is 6.13. The molecule has 1 atom stereocenters. The van der Waals surface area contributed by atoms with Crippen molar-refractivity contribution in [3.8, 4) is 5.75 Å². The van der Waals surface area contributed by atoms with E-state index in [2.05, 4.69) is 9.82 Å². The van der Waals surface area contributed by atoms with E-state index in [1.54, 1.807) is 31.3 Å². The average molecular weight is 377 g/mol. The molecular formula is C18H23N3O4S. The van der Waals surface area contributed by atoms with Crippen LogP contribution in [0.1, 0.15) is 30.2 Å². The highest BCUT2D eigenvalue weighted by atomic mass is 32.2. The Kier molecular flexibility index (Phi) is 5.15. The first-order valence-electron chi connectivity index (χ1n) is 8.62. The molecule has 1 aliphatic rings. The summed E-state index contributed by atoms with van der Waals surface area (Å²) in [5.74, 6) is 0.681. The van der Waals surface area contributed by atoms with Crippen LogP contribution in [0.15, 0.2) is 34.0 Å². The fourth-order valence-electron chi connectivity index (χ4n) is 3.18. The lowest BCUT2D eigenvalue weighted by Crippen LogP contribution is -2.40. The van der Waals surface area contributed by atoms with Gasteiger partial charge in [0.25, 0.3) is 5.56 Å².